The highest BCUT2D eigenvalue weighted by molar-refractivity contribution is 9.10. The van der Waals surface area contributed by atoms with E-state index in [1.807, 2.05) is 0 Å². The van der Waals surface area contributed by atoms with Crippen molar-refractivity contribution in [3.05, 3.63) is 46.7 Å². The predicted octanol–water partition coefficient (Wildman–Crippen LogP) is 1.98. The average molecular weight is 324 g/mol. The molecular weight excluding hydrogens is 314 g/mol. The van der Waals surface area contributed by atoms with E-state index in [1.54, 1.807) is 30.6 Å². The van der Waals surface area contributed by atoms with Crippen LogP contribution in [0.1, 0.15) is 10.4 Å². The highest BCUT2D eigenvalue weighted by atomic mass is 79.9. The number of nitrogens with one attached hydrogen (secondary N) is 1. The normalized spacial score (nSPS) is 10.2. The quantitative estimate of drug-likeness (QED) is 0.901. The maximum absolute atomic E-state index is 11.7. The number of anilines is 1. The van der Waals surface area contributed by atoms with Crippen LogP contribution >= 0.6 is 15.9 Å². The smallest absolute Gasteiger partial charge is 0.336 e. The van der Waals surface area contributed by atoms with Crippen LogP contribution in [0.15, 0.2) is 41.1 Å². The minimum atomic E-state index is -1.06. The van der Waals surface area contributed by atoms with Gasteiger partial charge >= 0.3 is 5.97 Å². The number of aromatic nitrogens is 2. The van der Waals surface area contributed by atoms with Crippen molar-refractivity contribution in [2.24, 2.45) is 0 Å². The van der Waals surface area contributed by atoms with Gasteiger partial charge in [-0.3, -0.25) is 9.48 Å². The number of aromatic carboxylic acids is 1. The summed E-state index contributed by atoms with van der Waals surface area (Å²) >= 11 is 3.14. The number of hydrogen-bond donors (Lipinski definition) is 2. The molecule has 1 heterocycles. The standard InChI is InChI=1S/C12H10BrN3O3/c13-10-3-2-8(6-9(10)12(18)19)15-11(17)7-16-5-1-4-14-16/h1-6H,7H2,(H,15,17)(H,18,19). The molecule has 6 nitrogen and oxygen atoms in total. The van der Waals surface area contributed by atoms with Gasteiger partial charge in [-0.25, -0.2) is 4.79 Å². The van der Waals surface area contributed by atoms with E-state index in [1.165, 1.54) is 10.7 Å². The van der Waals surface area contributed by atoms with E-state index in [0.29, 0.717) is 10.2 Å². The maximum Gasteiger partial charge on any atom is 0.336 e. The second kappa shape index (κ2) is 5.66. The summed E-state index contributed by atoms with van der Waals surface area (Å²) in [5.74, 6) is -1.34. The number of carboxylic acid groups (broad SMARTS) is 1. The molecule has 1 aromatic heterocycles. The number of benzene rings is 1. The van der Waals surface area contributed by atoms with E-state index >= 15 is 0 Å². The lowest BCUT2D eigenvalue weighted by atomic mass is 10.2. The minimum Gasteiger partial charge on any atom is -0.478 e. The molecule has 0 bridgehead atoms. The van der Waals surface area contributed by atoms with E-state index in [-0.39, 0.29) is 18.0 Å². The van der Waals surface area contributed by atoms with Crippen molar-refractivity contribution in [1.29, 1.82) is 0 Å². The van der Waals surface area contributed by atoms with E-state index in [4.69, 9.17) is 5.11 Å². The van der Waals surface area contributed by atoms with Crippen molar-refractivity contribution >= 4 is 33.5 Å². The molecule has 0 aliphatic heterocycles. The van der Waals surface area contributed by atoms with Crippen LogP contribution in [0, 0.1) is 0 Å². The number of hydrogen-bond acceptors (Lipinski definition) is 3. The summed E-state index contributed by atoms with van der Waals surface area (Å²) in [5, 5.41) is 15.5. The Bertz CT molecular complexity index is 611. The second-order valence-corrected chi connectivity index (χ2v) is 4.61. The molecule has 2 rings (SSSR count). The van der Waals surface area contributed by atoms with Crippen LogP contribution in [0.4, 0.5) is 5.69 Å². The first-order chi connectivity index (χ1) is 9.06. The van der Waals surface area contributed by atoms with Crippen molar-refractivity contribution in [3.8, 4) is 0 Å². The van der Waals surface area contributed by atoms with Crippen molar-refractivity contribution in [1.82, 2.24) is 9.78 Å². The number of halogens is 1. The van der Waals surface area contributed by atoms with Crippen molar-refractivity contribution in [3.63, 3.8) is 0 Å². The summed E-state index contributed by atoms with van der Waals surface area (Å²) in [5.41, 5.74) is 0.523. The highest BCUT2D eigenvalue weighted by Gasteiger charge is 2.10. The highest BCUT2D eigenvalue weighted by Crippen LogP contribution is 2.21. The number of rotatable bonds is 4. The zero-order valence-corrected chi connectivity index (χ0v) is 11.3. The predicted molar refractivity (Wildman–Crippen MR) is 72.0 cm³/mol. The van der Waals surface area contributed by atoms with Gasteiger partial charge in [0.15, 0.2) is 0 Å². The second-order valence-electron chi connectivity index (χ2n) is 3.75. The van der Waals surface area contributed by atoms with Crippen LogP contribution in [0.2, 0.25) is 0 Å². The summed E-state index contributed by atoms with van der Waals surface area (Å²) in [7, 11) is 0. The molecule has 0 radical (unpaired) electrons. The fourth-order valence-electron chi connectivity index (χ4n) is 1.51. The zero-order chi connectivity index (χ0) is 13.8. The maximum atomic E-state index is 11.7. The minimum absolute atomic E-state index is 0.0749. The van der Waals surface area contributed by atoms with E-state index < -0.39 is 5.97 Å². The SMILES string of the molecule is O=C(Cn1cccn1)Nc1ccc(Br)c(C(=O)O)c1. The fraction of sp³-hybridized carbons (Fsp3) is 0.0833. The zero-order valence-electron chi connectivity index (χ0n) is 9.71. The molecule has 2 N–H and O–H groups in total. The largest absolute Gasteiger partial charge is 0.478 e. The van der Waals surface area contributed by atoms with Crippen LogP contribution in [-0.2, 0) is 11.3 Å². The molecule has 1 amide bonds. The van der Waals surface area contributed by atoms with Gasteiger partial charge in [-0.1, -0.05) is 0 Å². The van der Waals surface area contributed by atoms with Gasteiger partial charge in [0.25, 0.3) is 0 Å². The third-order valence-corrected chi connectivity index (χ3v) is 3.04. The number of nitrogens with zero attached hydrogens (tertiary/aromatic N) is 2. The van der Waals surface area contributed by atoms with Gasteiger partial charge in [-0.15, -0.1) is 0 Å². The molecule has 0 atom stereocenters. The van der Waals surface area contributed by atoms with E-state index in [2.05, 4.69) is 26.3 Å². The molecule has 0 saturated carbocycles. The molecule has 7 heteroatoms. The monoisotopic (exact) mass is 323 g/mol. The number of carboxylic acids is 1. The van der Waals surface area contributed by atoms with Gasteiger partial charge in [-0.05, 0) is 40.2 Å². The Hall–Kier alpha value is -2.15. The Balaban J connectivity index is 2.09. The van der Waals surface area contributed by atoms with Gasteiger partial charge in [-0.2, -0.15) is 5.10 Å². The Morgan fingerprint density at radius 2 is 2.21 bits per heavy atom. The third-order valence-electron chi connectivity index (χ3n) is 2.35. The van der Waals surface area contributed by atoms with E-state index in [0.717, 1.165) is 0 Å². The summed E-state index contributed by atoms with van der Waals surface area (Å²) < 4.78 is 1.94. The van der Waals surface area contributed by atoms with Crippen molar-refractivity contribution in [2.75, 3.05) is 5.32 Å². The van der Waals surface area contributed by atoms with Crippen LogP contribution < -0.4 is 5.32 Å². The lowest BCUT2D eigenvalue weighted by Crippen LogP contribution is -2.19. The van der Waals surface area contributed by atoms with Crippen LogP contribution in [-0.4, -0.2) is 26.8 Å². The third kappa shape index (κ3) is 3.41. The molecule has 2 aromatic rings. The fourth-order valence-corrected chi connectivity index (χ4v) is 1.92. The number of carbonyl (C=O) groups is 2. The molecule has 98 valence electrons. The van der Waals surface area contributed by atoms with Gasteiger partial charge in [0.05, 0.1) is 5.56 Å². The molecule has 1 aromatic carbocycles. The lowest BCUT2D eigenvalue weighted by Gasteiger charge is -2.07. The van der Waals surface area contributed by atoms with E-state index in [9.17, 15) is 9.59 Å². The summed E-state index contributed by atoms with van der Waals surface area (Å²) in [6, 6.07) is 6.31. The van der Waals surface area contributed by atoms with Crippen LogP contribution in [0.3, 0.4) is 0 Å². The Kier molecular flexibility index (Phi) is 3.96. The molecular formula is C12H10BrN3O3. The summed E-state index contributed by atoms with van der Waals surface area (Å²) in [6.07, 6.45) is 3.25. The number of amides is 1. The lowest BCUT2D eigenvalue weighted by molar-refractivity contribution is -0.116. The van der Waals surface area contributed by atoms with Gasteiger partial charge in [0, 0.05) is 22.6 Å². The molecule has 0 saturated heterocycles. The Morgan fingerprint density at radius 1 is 1.42 bits per heavy atom. The molecule has 0 spiro atoms. The molecule has 0 unspecified atom stereocenters. The Morgan fingerprint density at radius 3 is 2.84 bits per heavy atom. The average Bonchev–Trinajstić information content (AvgIpc) is 2.84. The topological polar surface area (TPSA) is 84.2 Å². The summed E-state index contributed by atoms with van der Waals surface area (Å²) in [4.78, 5) is 22.7. The summed E-state index contributed by atoms with van der Waals surface area (Å²) in [6.45, 7) is 0.0749. The van der Waals surface area contributed by atoms with Gasteiger partial charge in [0.2, 0.25) is 5.91 Å². The first kappa shape index (κ1) is 13.3. The van der Waals surface area contributed by atoms with Gasteiger partial charge < -0.3 is 10.4 Å². The van der Waals surface area contributed by atoms with Gasteiger partial charge in [0.1, 0.15) is 6.54 Å². The molecule has 0 aliphatic carbocycles. The first-order valence-electron chi connectivity index (χ1n) is 5.36. The Labute approximate surface area is 117 Å². The number of carbonyl (C=O) groups excluding carboxylic acids is 1. The molecule has 0 aliphatic rings. The first-order valence-corrected chi connectivity index (χ1v) is 6.15. The molecule has 0 fully saturated rings. The van der Waals surface area contributed by atoms with Crippen LogP contribution in [0.5, 0.6) is 0 Å². The molecule has 19 heavy (non-hydrogen) atoms. The van der Waals surface area contributed by atoms with Crippen molar-refractivity contribution < 1.29 is 14.7 Å². The van der Waals surface area contributed by atoms with Crippen molar-refractivity contribution in [2.45, 2.75) is 6.54 Å². The van der Waals surface area contributed by atoms with Crippen LogP contribution in [0.25, 0.3) is 0 Å².